The average Bonchev–Trinajstić information content (AvgIpc) is 2.38. The summed E-state index contributed by atoms with van der Waals surface area (Å²) in [6, 6.07) is 4.21. The molecule has 0 amide bonds. The minimum Gasteiger partial charge on any atom is -0.504 e. The van der Waals surface area contributed by atoms with Gasteiger partial charge in [0.05, 0.1) is 6.10 Å². The van der Waals surface area contributed by atoms with Crippen LogP contribution in [0.5, 0.6) is 11.5 Å². The highest BCUT2D eigenvalue weighted by Crippen LogP contribution is 2.27. The van der Waals surface area contributed by atoms with Crippen LogP contribution in [0.3, 0.4) is 0 Å². The third kappa shape index (κ3) is 4.42. The number of thiocarbonyl (C=S) groups is 1. The number of phenolic OH excluding ortho intramolecular Hbond substituents is 2. The lowest BCUT2D eigenvalue weighted by atomic mass is 10.1. The van der Waals surface area contributed by atoms with Gasteiger partial charge in [-0.1, -0.05) is 12.1 Å². The van der Waals surface area contributed by atoms with Crippen molar-refractivity contribution in [2.45, 2.75) is 6.10 Å². The van der Waals surface area contributed by atoms with Crippen molar-refractivity contribution in [2.24, 2.45) is 0 Å². The molecule has 0 aliphatic rings. The molecule has 5 nitrogen and oxygen atoms in total. The van der Waals surface area contributed by atoms with Crippen molar-refractivity contribution in [1.82, 2.24) is 10.2 Å². The van der Waals surface area contributed by atoms with Gasteiger partial charge in [-0.15, -0.1) is 6.58 Å². The van der Waals surface area contributed by atoms with Crippen LogP contribution in [0.2, 0.25) is 0 Å². The summed E-state index contributed by atoms with van der Waals surface area (Å²) in [4.78, 5) is 1.69. The summed E-state index contributed by atoms with van der Waals surface area (Å²) in [5.41, 5.74) is 0.508. The molecule has 1 rings (SSSR count). The first-order chi connectivity index (χ1) is 8.95. The monoisotopic (exact) mass is 282 g/mol. The van der Waals surface area contributed by atoms with Crippen molar-refractivity contribution in [2.75, 3.05) is 20.1 Å². The fraction of sp³-hybridized carbons (Fsp3) is 0.308. The molecule has 0 radical (unpaired) electrons. The molecule has 1 atom stereocenters. The molecule has 0 spiro atoms. The molecule has 19 heavy (non-hydrogen) atoms. The molecule has 0 saturated carbocycles. The maximum absolute atomic E-state index is 10.0. The molecule has 0 saturated heterocycles. The van der Waals surface area contributed by atoms with Crippen LogP contribution in [0, 0.1) is 0 Å². The Balaban J connectivity index is 2.62. The number of likely N-dealkylation sites (N-methyl/N-ethyl adjacent to an activating group) is 1. The van der Waals surface area contributed by atoms with E-state index in [1.807, 2.05) is 0 Å². The van der Waals surface area contributed by atoms with E-state index in [-0.39, 0.29) is 18.0 Å². The van der Waals surface area contributed by atoms with E-state index in [9.17, 15) is 15.3 Å². The number of rotatable bonds is 5. The van der Waals surface area contributed by atoms with Gasteiger partial charge in [-0.05, 0) is 29.9 Å². The molecule has 0 aliphatic heterocycles. The Bertz CT molecular complexity index is 465. The third-order valence-corrected chi connectivity index (χ3v) is 3.03. The molecule has 0 aromatic heterocycles. The summed E-state index contributed by atoms with van der Waals surface area (Å²) in [7, 11) is 1.75. The first kappa shape index (κ1) is 15.3. The second-order valence-electron chi connectivity index (χ2n) is 4.12. The van der Waals surface area contributed by atoms with Gasteiger partial charge in [0.15, 0.2) is 16.6 Å². The predicted molar refractivity (Wildman–Crippen MR) is 78.2 cm³/mol. The zero-order chi connectivity index (χ0) is 14.4. The Morgan fingerprint density at radius 2 is 2.16 bits per heavy atom. The highest BCUT2D eigenvalue weighted by Gasteiger charge is 2.14. The quantitative estimate of drug-likeness (QED) is 0.368. The molecule has 1 aromatic carbocycles. The fourth-order valence-electron chi connectivity index (χ4n) is 1.49. The van der Waals surface area contributed by atoms with E-state index in [4.69, 9.17) is 12.2 Å². The van der Waals surface area contributed by atoms with Gasteiger partial charge in [0.1, 0.15) is 0 Å². The molecular weight excluding hydrogens is 264 g/mol. The lowest BCUT2D eigenvalue weighted by Gasteiger charge is -2.23. The van der Waals surface area contributed by atoms with Gasteiger partial charge in [-0.25, -0.2) is 0 Å². The van der Waals surface area contributed by atoms with Crippen molar-refractivity contribution in [3.05, 3.63) is 36.4 Å². The van der Waals surface area contributed by atoms with Crippen LogP contribution >= 0.6 is 12.2 Å². The van der Waals surface area contributed by atoms with Crippen LogP contribution in [0.15, 0.2) is 30.9 Å². The van der Waals surface area contributed by atoms with E-state index in [0.29, 0.717) is 17.2 Å². The van der Waals surface area contributed by atoms with Crippen molar-refractivity contribution in [1.29, 1.82) is 0 Å². The average molecular weight is 282 g/mol. The Morgan fingerprint density at radius 3 is 2.74 bits per heavy atom. The SMILES string of the molecule is C=CCNC(=S)N(C)CC(O)c1ccc(O)c(O)c1. The van der Waals surface area contributed by atoms with Crippen LogP contribution in [0.1, 0.15) is 11.7 Å². The van der Waals surface area contributed by atoms with Gasteiger partial charge in [-0.2, -0.15) is 0 Å². The smallest absolute Gasteiger partial charge is 0.169 e. The number of phenols is 2. The van der Waals surface area contributed by atoms with Gasteiger partial charge in [0.25, 0.3) is 0 Å². The van der Waals surface area contributed by atoms with Gasteiger partial charge in [0.2, 0.25) is 0 Å². The van der Waals surface area contributed by atoms with Crippen molar-refractivity contribution in [3.63, 3.8) is 0 Å². The maximum atomic E-state index is 10.0. The maximum Gasteiger partial charge on any atom is 0.169 e. The number of hydrogen-bond donors (Lipinski definition) is 4. The largest absolute Gasteiger partial charge is 0.504 e. The zero-order valence-corrected chi connectivity index (χ0v) is 11.5. The first-order valence-corrected chi connectivity index (χ1v) is 6.16. The second kappa shape index (κ2) is 6.96. The van der Waals surface area contributed by atoms with Crippen LogP contribution in [0.4, 0.5) is 0 Å². The van der Waals surface area contributed by atoms with Gasteiger partial charge >= 0.3 is 0 Å². The zero-order valence-electron chi connectivity index (χ0n) is 10.7. The van der Waals surface area contributed by atoms with Crippen molar-refractivity contribution in [3.8, 4) is 11.5 Å². The normalized spacial score (nSPS) is 11.7. The molecule has 6 heteroatoms. The molecular formula is C13H18N2O3S. The molecule has 0 bridgehead atoms. The number of nitrogens with one attached hydrogen (secondary N) is 1. The summed E-state index contributed by atoms with van der Waals surface area (Å²) >= 11 is 5.12. The van der Waals surface area contributed by atoms with Crippen molar-refractivity contribution >= 4 is 17.3 Å². The summed E-state index contributed by atoms with van der Waals surface area (Å²) in [5, 5.41) is 32.1. The van der Waals surface area contributed by atoms with Crippen LogP contribution in [-0.4, -0.2) is 45.5 Å². The van der Waals surface area contributed by atoms with E-state index in [2.05, 4.69) is 11.9 Å². The molecule has 0 fully saturated rings. The molecule has 104 valence electrons. The Kier molecular flexibility index (Phi) is 5.59. The molecule has 1 unspecified atom stereocenters. The fourth-order valence-corrected chi connectivity index (χ4v) is 1.65. The van der Waals surface area contributed by atoms with E-state index in [1.165, 1.54) is 12.1 Å². The summed E-state index contributed by atoms with van der Waals surface area (Å²) in [6.45, 7) is 4.40. The van der Waals surface area contributed by atoms with Crippen LogP contribution < -0.4 is 5.32 Å². The summed E-state index contributed by atoms with van der Waals surface area (Å²) in [6.07, 6.45) is 0.870. The highest BCUT2D eigenvalue weighted by atomic mass is 32.1. The summed E-state index contributed by atoms with van der Waals surface area (Å²) in [5.74, 6) is -0.473. The first-order valence-electron chi connectivity index (χ1n) is 5.75. The lowest BCUT2D eigenvalue weighted by molar-refractivity contribution is 0.151. The molecule has 4 N–H and O–H groups in total. The highest BCUT2D eigenvalue weighted by molar-refractivity contribution is 7.80. The standard InChI is InChI=1S/C13H18N2O3S/c1-3-6-14-13(19)15(2)8-12(18)9-4-5-10(16)11(17)7-9/h3-5,7,12,16-18H,1,6,8H2,2H3,(H,14,19). The topological polar surface area (TPSA) is 76.0 Å². The summed E-state index contributed by atoms with van der Waals surface area (Å²) < 4.78 is 0. The Labute approximate surface area is 117 Å². The second-order valence-corrected chi connectivity index (χ2v) is 4.51. The Hall–Kier alpha value is -1.79. The minimum atomic E-state index is -0.819. The minimum absolute atomic E-state index is 0.215. The van der Waals surface area contributed by atoms with Crippen molar-refractivity contribution < 1.29 is 15.3 Å². The lowest BCUT2D eigenvalue weighted by Crippen LogP contribution is -2.39. The number of aliphatic hydroxyl groups is 1. The van der Waals surface area contributed by atoms with Gasteiger partial charge in [0, 0.05) is 20.1 Å². The number of hydrogen-bond acceptors (Lipinski definition) is 4. The van der Waals surface area contributed by atoms with E-state index in [1.54, 1.807) is 24.1 Å². The third-order valence-electron chi connectivity index (χ3n) is 2.58. The number of aliphatic hydroxyl groups excluding tert-OH is 1. The van der Waals surface area contributed by atoms with Gasteiger partial charge < -0.3 is 25.5 Å². The number of nitrogens with zero attached hydrogens (tertiary/aromatic N) is 1. The molecule has 0 heterocycles. The van der Waals surface area contributed by atoms with Crippen LogP contribution in [-0.2, 0) is 0 Å². The van der Waals surface area contributed by atoms with E-state index < -0.39 is 6.10 Å². The molecule has 0 aliphatic carbocycles. The molecule has 1 aromatic rings. The Morgan fingerprint density at radius 1 is 1.47 bits per heavy atom. The van der Waals surface area contributed by atoms with Crippen LogP contribution in [0.25, 0.3) is 0 Å². The number of aromatic hydroxyl groups is 2. The number of benzene rings is 1. The van der Waals surface area contributed by atoms with Gasteiger partial charge in [-0.3, -0.25) is 0 Å². The van der Waals surface area contributed by atoms with E-state index in [0.717, 1.165) is 0 Å². The predicted octanol–water partition coefficient (Wildman–Crippen LogP) is 1.12. The van der Waals surface area contributed by atoms with E-state index >= 15 is 0 Å².